The Labute approximate surface area is 72.6 Å². The minimum atomic E-state index is 0.625. The molecule has 0 aliphatic heterocycles. The number of nitrogens with zero attached hydrogens (tertiary/aromatic N) is 3. The number of hydrogen-bond donors (Lipinski definition) is 0. The monoisotopic (exact) mass is 169 g/mol. The maximum Gasteiger partial charge on any atom is 0.266 e. The first-order valence-electron chi connectivity index (χ1n) is 4.33. The lowest BCUT2D eigenvalue weighted by Crippen LogP contribution is -2.24. The van der Waals surface area contributed by atoms with E-state index in [-0.39, 0.29) is 0 Å². The Bertz CT molecular complexity index is 234. The van der Waals surface area contributed by atoms with Crippen LogP contribution in [-0.2, 0) is 0 Å². The van der Waals surface area contributed by atoms with E-state index in [1.54, 1.807) is 6.92 Å². The van der Waals surface area contributed by atoms with Crippen LogP contribution in [0.5, 0.6) is 0 Å². The van der Waals surface area contributed by atoms with Crippen molar-refractivity contribution in [3.63, 3.8) is 0 Å². The summed E-state index contributed by atoms with van der Waals surface area (Å²) in [6.45, 7) is 7.93. The third-order valence-corrected chi connectivity index (χ3v) is 1.67. The Morgan fingerprint density at radius 1 is 1.42 bits per heavy atom. The van der Waals surface area contributed by atoms with Crippen molar-refractivity contribution in [1.29, 1.82) is 0 Å². The molecule has 4 heteroatoms. The topological polar surface area (TPSA) is 42.2 Å². The van der Waals surface area contributed by atoms with Gasteiger partial charge in [-0.2, -0.15) is 4.98 Å². The van der Waals surface area contributed by atoms with Gasteiger partial charge in [0.15, 0.2) is 0 Å². The molecule has 0 amide bonds. The lowest BCUT2D eigenvalue weighted by molar-refractivity contribution is 0.392. The van der Waals surface area contributed by atoms with Gasteiger partial charge in [-0.3, -0.25) is 0 Å². The normalized spacial score (nSPS) is 10.2. The molecule has 0 bridgehead atoms. The highest BCUT2D eigenvalue weighted by Crippen LogP contribution is 2.08. The van der Waals surface area contributed by atoms with Crippen LogP contribution in [0.4, 0.5) is 5.95 Å². The number of hydrogen-bond acceptors (Lipinski definition) is 4. The first kappa shape index (κ1) is 9.03. The third kappa shape index (κ3) is 1.96. The van der Waals surface area contributed by atoms with Crippen LogP contribution < -0.4 is 4.90 Å². The summed E-state index contributed by atoms with van der Waals surface area (Å²) in [5.74, 6) is 1.33. The fourth-order valence-electron chi connectivity index (χ4n) is 1.09. The molecule has 0 aliphatic carbocycles. The first-order chi connectivity index (χ1) is 5.77. The molecule has 4 nitrogen and oxygen atoms in total. The standard InChI is InChI=1S/C8H15N3O/c1-4-6-11(5-2)8-9-7(3)12-10-8/h4-6H2,1-3H3. The van der Waals surface area contributed by atoms with Gasteiger partial charge in [0.1, 0.15) is 0 Å². The Kier molecular flexibility index (Phi) is 3.08. The summed E-state index contributed by atoms with van der Waals surface area (Å²) in [6.07, 6.45) is 1.10. The summed E-state index contributed by atoms with van der Waals surface area (Å²) >= 11 is 0. The van der Waals surface area contributed by atoms with E-state index in [0.29, 0.717) is 11.8 Å². The van der Waals surface area contributed by atoms with Gasteiger partial charge in [0.2, 0.25) is 5.89 Å². The van der Waals surface area contributed by atoms with E-state index in [4.69, 9.17) is 4.52 Å². The molecule has 0 aliphatic rings. The number of anilines is 1. The molecule has 0 unspecified atom stereocenters. The molecule has 0 saturated heterocycles. The van der Waals surface area contributed by atoms with Crippen LogP contribution in [0.25, 0.3) is 0 Å². The second-order valence-corrected chi connectivity index (χ2v) is 2.69. The van der Waals surface area contributed by atoms with Gasteiger partial charge >= 0.3 is 0 Å². The third-order valence-electron chi connectivity index (χ3n) is 1.67. The zero-order valence-electron chi connectivity index (χ0n) is 7.87. The molecule has 0 aromatic carbocycles. The van der Waals surface area contributed by atoms with Crippen molar-refractivity contribution >= 4 is 5.95 Å². The molecule has 1 aromatic heterocycles. The Hall–Kier alpha value is -1.06. The highest BCUT2D eigenvalue weighted by molar-refractivity contribution is 5.26. The van der Waals surface area contributed by atoms with Gasteiger partial charge in [-0.05, 0) is 18.5 Å². The molecule has 0 fully saturated rings. The molecule has 1 aromatic rings. The van der Waals surface area contributed by atoms with Crippen LogP contribution in [0, 0.1) is 6.92 Å². The maximum absolute atomic E-state index is 4.89. The van der Waals surface area contributed by atoms with Crippen molar-refractivity contribution in [2.24, 2.45) is 0 Å². The van der Waals surface area contributed by atoms with Gasteiger partial charge < -0.3 is 9.42 Å². The van der Waals surface area contributed by atoms with Crippen LogP contribution in [0.1, 0.15) is 26.2 Å². The van der Waals surface area contributed by atoms with E-state index in [1.165, 1.54) is 0 Å². The van der Waals surface area contributed by atoms with E-state index in [9.17, 15) is 0 Å². The zero-order valence-corrected chi connectivity index (χ0v) is 7.87. The largest absolute Gasteiger partial charge is 0.338 e. The lowest BCUT2D eigenvalue weighted by atomic mass is 10.4. The van der Waals surface area contributed by atoms with Crippen molar-refractivity contribution in [3.8, 4) is 0 Å². The fraction of sp³-hybridized carbons (Fsp3) is 0.750. The van der Waals surface area contributed by atoms with Gasteiger partial charge in [-0.25, -0.2) is 0 Å². The summed E-state index contributed by atoms with van der Waals surface area (Å²) in [5, 5.41) is 3.85. The first-order valence-corrected chi connectivity index (χ1v) is 4.33. The van der Waals surface area contributed by atoms with Gasteiger partial charge in [-0.1, -0.05) is 6.92 Å². The van der Waals surface area contributed by atoms with Gasteiger partial charge in [0, 0.05) is 20.0 Å². The molecule has 68 valence electrons. The number of aryl methyl sites for hydroxylation is 1. The minimum Gasteiger partial charge on any atom is -0.338 e. The second-order valence-electron chi connectivity index (χ2n) is 2.69. The van der Waals surface area contributed by atoms with Crippen molar-refractivity contribution in [2.45, 2.75) is 27.2 Å². The average molecular weight is 169 g/mol. The Balaban J connectivity index is 2.66. The highest BCUT2D eigenvalue weighted by Gasteiger charge is 2.08. The quantitative estimate of drug-likeness (QED) is 0.686. The number of aromatic nitrogens is 2. The van der Waals surface area contributed by atoms with Crippen LogP contribution in [0.2, 0.25) is 0 Å². The summed E-state index contributed by atoms with van der Waals surface area (Å²) < 4.78 is 4.89. The van der Waals surface area contributed by atoms with E-state index < -0.39 is 0 Å². The van der Waals surface area contributed by atoms with Crippen molar-refractivity contribution in [2.75, 3.05) is 18.0 Å². The van der Waals surface area contributed by atoms with Crippen LogP contribution in [0.3, 0.4) is 0 Å². The SMILES string of the molecule is CCCN(CC)c1noc(C)n1. The zero-order chi connectivity index (χ0) is 8.97. The predicted molar refractivity (Wildman–Crippen MR) is 47.2 cm³/mol. The summed E-state index contributed by atoms with van der Waals surface area (Å²) in [6, 6.07) is 0. The van der Waals surface area contributed by atoms with E-state index in [1.807, 2.05) is 0 Å². The second kappa shape index (κ2) is 4.09. The van der Waals surface area contributed by atoms with Crippen LogP contribution in [0.15, 0.2) is 4.52 Å². The van der Waals surface area contributed by atoms with Crippen LogP contribution >= 0.6 is 0 Å². The van der Waals surface area contributed by atoms with Crippen molar-refractivity contribution < 1.29 is 4.52 Å². The molecule has 0 saturated carbocycles. The predicted octanol–water partition coefficient (Wildman–Crippen LogP) is 1.61. The molecular weight excluding hydrogens is 154 g/mol. The van der Waals surface area contributed by atoms with Crippen molar-refractivity contribution in [1.82, 2.24) is 10.1 Å². The van der Waals surface area contributed by atoms with Crippen molar-refractivity contribution in [3.05, 3.63) is 5.89 Å². The van der Waals surface area contributed by atoms with Gasteiger partial charge in [0.25, 0.3) is 5.95 Å². The smallest absolute Gasteiger partial charge is 0.266 e. The fourth-order valence-corrected chi connectivity index (χ4v) is 1.09. The molecule has 0 radical (unpaired) electrons. The molecular formula is C8H15N3O. The molecule has 1 rings (SSSR count). The van der Waals surface area contributed by atoms with Gasteiger partial charge in [-0.15, -0.1) is 0 Å². The summed E-state index contributed by atoms with van der Waals surface area (Å²) in [7, 11) is 0. The Morgan fingerprint density at radius 2 is 2.17 bits per heavy atom. The summed E-state index contributed by atoms with van der Waals surface area (Å²) in [4.78, 5) is 6.24. The van der Waals surface area contributed by atoms with Gasteiger partial charge in [0.05, 0.1) is 0 Å². The van der Waals surface area contributed by atoms with E-state index in [2.05, 4.69) is 28.9 Å². The highest BCUT2D eigenvalue weighted by atomic mass is 16.5. The Morgan fingerprint density at radius 3 is 2.58 bits per heavy atom. The molecule has 0 atom stereocenters. The molecule has 1 heterocycles. The summed E-state index contributed by atoms with van der Waals surface area (Å²) in [5.41, 5.74) is 0. The lowest BCUT2D eigenvalue weighted by Gasteiger charge is -2.16. The molecule has 0 spiro atoms. The molecule has 0 N–H and O–H groups in total. The van der Waals surface area contributed by atoms with E-state index >= 15 is 0 Å². The molecule has 12 heavy (non-hydrogen) atoms. The minimum absolute atomic E-state index is 0.625. The van der Waals surface area contributed by atoms with E-state index in [0.717, 1.165) is 19.5 Å². The number of rotatable bonds is 4. The average Bonchev–Trinajstić information content (AvgIpc) is 2.47. The maximum atomic E-state index is 4.89. The van der Waals surface area contributed by atoms with Crippen LogP contribution in [-0.4, -0.2) is 23.2 Å².